The van der Waals surface area contributed by atoms with E-state index in [9.17, 15) is 19.2 Å². The second-order valence-corrected chi connectivity index (χ2v) is 10.5. The Morgan fingerprint density at radius 1 is 0.971 bits per heavy atom. The first-order chi connectivity index (χ1) is 16.4. The van der Waals surface area contributed by atoms with Crippen molar-refractivity contribution in [3.05, 3.63) is 35.9 Å². The van der Waals surface area contributed by atoms with Gasteiger partial charge in [-0.25, -0.2) is 4.79 Å². The SMILES string of the molecule is CSCCC(NC(=O)OC(C)(C)C)C(=O)NC(CC(C)C)C(=O)NCC(=O)OCc1ccccc1. The van der Waals surface area contributed by atoms with Crippen LogP contribution in [0, 0.1) is 5.92 Å². The lowest BCUT2D eigenvalue weighted by Gasteiger charge is -2.25. The molecule has 35 heavy (non-hydrogen) atoms. The fourth-order valence-electron chi connectivity index (χ4n) is 3.00. The Morgan fingerprint density at radius 2 is 1.63 bits per heavy atom. The first-order valence-electron chi connectivity index (χ1n) is 11.7. The lowest BCUT2D eigenvalue weighted by Crippen LogP contribution is -2.55. The normalized spacial score (nSPS) is 12.9. The summed E-state index contributed by atoms with van der Waals surface area (Å²) in [7, 11) is 0. The molecule has 196 valence electrons. The molecule has 10 heteroatoms. The van der Waals surface area contributed by atoms with E-state index >= 15 is 0 Å². The standard InChI is InChI=1S/C25H39N3O6S/c1-17(2)14-20(22(30)26-15-21(29)33-16-18-10-8-7-9-11-18)27-23(31)19(12-13-35-6)28-24(32)34-25(3,4)5/h7-11,17,19-20H,12-16H2,1-6H3,(H,26,30)(H,27,31)(H,28,32). The van der Waals surface area contributed by atoms with Gasteiger partial charge in [0, 0.05) is 0 Å². The van der Waals surface area contributed by atoms with E-state index in [4.69, 9.17) is 9.47 Å². The van der Waals surface area contributed by atoms with Gasteiger partial charge in [0.1, 0.15) is 30.8 Å². The number of amides is 3. The zero-order valence-corrected chi connectivity index (χ0v) is 22.3. The number of nitrogens with one attached hydrogen (secondary N) is 3. The summed E-state index contributed by atoms with van der Waals surface area (Å²) in [4.78, 5) is 50.1. The molecule has 1 rings (SSSR count). The largest absolute Gasteiger partial charge is 0.460 e. The van der Waals surface area contributed by atoms with Gasteiger partial charge in [-0.05, 0) is 57.1 Å². The molecule has 0 saturated heterocycles. The van der Waals surface area contributed by atoms with Crippen molar-refractivity contribution in [1.82, 2.24) is 16.0 Å². The highest BCUT2D eigenvalue weighted by Gasteiger charge is 2.29. The van der Waals surface area contributed by atoms with Gasteiger partial charge >= 0.3 is 12.1 Å². The fraction of sp³-hybridized carbons (Fsp3) is 0.600. The van der Waals surface area contributed by atoms with E-state index in [-0.39, 0.29) is 19.1 Å². The minimum atomic E-state index is -0.873. The molecule has 1 aromatic carbocycles. The number of ether oxygens (including phenoxy) is 2. The minimum Gasteiger partial charge on any atom is -0.460 e. The molecule has 0 radical (unpaired) electrons. The number of carbonyl (C=O) groups is 4. The van der Waals surface area contributed by atoms with Crippen LogP contribution in [0.2, 0.25) is 0 Å². The summed E-state index contributed by atoms with van der Waals surface area (Å²) in [6, 6.07) is 7.47. The number of thioether (sulfide) groups is 1. The molecule has 0 aliphatic rings. The van der Waals surface area contributed by atoms with Crippen LogP contribution in [0.25, 0.3) is 0 Å². The topological polar surface area (TPSA) is 123 Å². The third-order valence-electron chi connectivity index (χ3n) is 4.61. The molecule has 9 nitrogen and oxygen atoms in total. The highest BCUT2D eigenvalue weighted by Crippen LogP contribution is 2.10. The first kappa shape index (κ1) is 30.3. The second-order valence-electron chi connectivity index (χ2n) is 9.54. The van der Waals surface area contributed by atoms with Gasteiger partial charge in [-0.15, -0.1) is 0 Å². The third kappa shape index (κ3) is 13.7. The van der Waals surface area contributed by atoms with Crippen molar-refractivity contribution >= 4 is 35.6 Å². The van der Waals surface area contributed by atoms with E-state index in [0.717, 1.165) is 5.56 Å². The summed E-state index contributed by atoms with van der Waals surface area (Å²) in [6.07, 6.45) is 1.92. The molecule has 0 heterocycles. The minimum absolute atomic E-state index is 0.0968. The van der Waals surface area contributed by atoms with Crippen molar-refractivity contribution in [2.24, 2.45) is 5.92 Å². The molecule has 0 bridgehead atoms. The van der Waals surface area contributed by atoms with Gasteiger partial charge in [0.05, 0.1) is 0 Å². The van der Waals surface area contributed by atoms with Crippen LogP contribution in [-0.2, 0) is 30.5 Å². The average Bonchev–Trinajstić information content (AvgIpc) is 2.77. The maximum Gasteiger partial charge on any atom is 0.408 e. The predicted molar refractivity (Wildman–Crippen MR) is 137 cm³/mol. The molecule has 3 amide bonds. The Bertz CT molecular complexity index is 826. The first-order valence-corrected chi connectivity index (χ1v) is 13.1. The van der Waals surface area contributed by atoms with Crippen LogP contribution in [-0.4, -0.2) is 60.1 Å². The Morgan fingerprint density at radius 3 is 2.20 bits per heavy atom. The van der Waals surface area contributed by atoms with Crippen LogP contribution in [0.1, 0.15) is 53.0 Å². The quantitative estimate of drug-likeness (QED) is 0.349. The van der Waals surface area contributed by atoms with Crippen molar-refractivity contribution in [2.75, 3.05) is 18.6 Å². The summed E-state index contributed by atoms with van der Waals surface area (Å²) in [5.41, 5.74) is 0.130. The molecule has 0 spiro atoms. The van der Waals surface area contributed by atoms with Gasteiger partial charge in [-0.3, -0.25) is 14.4 Å². The van der Waals surface area contributed by atoms with Crippen molar-refractivity contribution in [2.45, 2.75) is 71.8 Å². The Balaban J connectivity index is 2.72. The molecule has 0 aliphatic carbocycles. The summed E-state index contributed by atoms with van der Waals surface area (Å²) >= 11 is 1.53. The summed E-state index contributed by atoms with van der Waals surface area (Å²) in [6.45, 7) is 8.83. The maximum atomic E-state index is 13.0. The van der Waals surface area contributed by atoms with Crippen LogP contribution in [0.5, 0.6) is 0 Å². The van der Waals surface area contributed by atoms with Crippen molar-refractivity contribution in [1.29, 1.82) is 0 Å². The molecule has 2 atom stereocenters. The van der Waals surface area contributed by atoms with Crippen LogP contribution >= 0.6 is 11.8 Å². The van der Waals surface area contributed by atoms with Gasteiger partial charge < -0.3 is 25.4 Å². The number of hydrogen-bond acceptors (Lipinski definition) is 7. The fourth-order valence-corrected chi connectivity index (χ4v) is 3.47. The number of esters is 1. The second kappa shape index (κ2) is 15.3. The molecule has 1 aromatic rings. The Kier molecular flexibility index (Phi) is 13.2. The third-order valence-corrected chi connectivity index (χ3v) is 5.25. The molecular formula is C25H39N3O6S. The van der Waals surface area contributed by atoms with Gasteiger partial charge in [-0.2, -0.15) is 11.8 Å². The number of hydrogen-bond donors (Lipinski definition) is 3. The van der Waals surface area contributed by atoms with Crippen molar-refractivity contribution in [3.63, 3.8) is 0 Å². The molecular weight excluding hydrogens is 470 g/mol. The van der Waals surface area contributed by atoms with Crippen LogP contribution in [0.4, 0.5) is 4.79 Å². The molecule has 0 saturated carbocycles. The number of carbonyl (C=O) groups excluding carboxylic acids is 4. The Labute approximate surface area is 212 Å². The summed E-state index contributed by atoms with van der Waals surface area (Å²) in [5, 5.41) is 7.86. The lowest BCUT2D eigenvalue weighted by atomic mass is 10.0. The smallest absolute Gasteiger partial charge is 0.408 e. The van der Waals surface area contributed by atoms with E-state index < -0.39 is 41.6 Å². The summed E-state index contributed by atoms with van der Waals surface area (Å²) in [5.74, 6) is -0.842. The Hall–Kier alpha value is -2.75. The molecule has 3 N–H and O–H groups in total. The van der Waals surface area contributed by atoms with Crippen LogP contribution < -0.4 is 16.0 Å². The van der Waals surface area contributed by atoms with E-state index in [1.54, 1.807) is 20.8 Å². The predicted octanol–water partition coefficient (Wildman–Crippen LogP) is 3.02. The zero-order valence-electron chi connectivity index (χ0n) is 21.5. The highest BCUT2D eigenvalue weighted by atomic mass is 32.2. The molecule has 0 aliphatic heterocycles. The lowest BCUT2D eigenvalue weighted by molar-refractivity contribution is -0.145. The summed E-state index contributed by atoms with van der Waals surface area (Å²) < 4.78 is 10.4. The molecule has 2 unspecified atom stereocenters. The number of rotatable bonds is 13. The maximum absolute atomic E-state index is 13.0. The number of benzene rings is 1. The molecule has 0 aromatic heterocycles. The van der Waals surface area contributed by atoms with Gasteiger partial charge in [0.2, 0.25) is 11.8 Å². The van der Waals surface area contributed by atoms with Crippen LogP contribution in [0.3, 0.4) is 0 Å². The van der Waals surface area contributed by atoms with E-state index in [0.29, 0.717) is 18.6 Å². The monoisotopic (exact) mass is 509 g/mol. The van der Waals surface area contributed by atoms with E-state index in [1.807, 2.05) is 50.4 Å². The van der Waals surface area contributed by atoms with Gasteiger partial charge in [-0.1, -0.05) is 44.2 Å². The van der Waals surface area contributed by atoms with Crippen LogP contribution in [0.15, 0.2) is 30.3 Å². The average molecular weight is 510 g/mol. The van der Waals surface area contributed by atoms with Crippen molar-refractivity contribution in [3.8, 4) is 0 Å². The zero-order chi connectivity index (χ0) is 26.4. The van der Waals surface area contributed by atoms with E-state index in [2.05, 4.69) is 16.0 Å². The van der Waals surface area contributed by atoms with E-state index in [1.165, 1.54) is 11.8 Å². The highest BCUT2D eigenvalue weighted by molar-refractivity contribution is 7.98. The van der Waals surface area contributed by atoms with Gasteiger partial charge in [0.25, 0.3) is 0 Å². The van der Waals surface area contributed by atoms with Gasteiger partial charge in [0.15, 0.2) is 0 Å². The molecule has 0 fully saturated rings. The van der Waals surface area contributed by atoms with Crippen molar-refractivity contribution < 1.29 is 28.7 Å². The number of alkyl carbamates (subject to hydrolysis) is 1.